The van der Waals surface area contributed by atoms with E-state index in [1.165, 1.54) is 0 Å². The summed E-state index contributed by atoms with van der Waals surface area (Å²) in [6.07, 6.45) is 1.50. The fourth-order valence-corrected chi connectivity index (χ4v) is 2.03. The predicted octanol–water partition coefficient (Wildman–Crippen LogP) is 0.686. The Labute approximate surface area is 82.6 Å². The van der Waals surface area contributed by atoms with E-state index in [-0.39, 0.29) is 29.9 Å². The van der Waals surface area contributed by atoms with E-state index in [4.69, 9.17) is 9.47 Å². The highest BCUT2D eigenvalue weighted by Crippen LogP contribution is 2.40. The maximum atomic E-state index is 11.2. The van der Waals surface area contributed by atoms with Crippen molar-refractivity contribution in [3.8, 4) is 0 Å². The number of carbonyl (C=O) groups is 2. The summed E-state index contributed by atoms with van der Waals surface area (Å²) in [5.74, 6) is 0.202. The standard InChI is InChI=1S/C10H14O4/c1-2-13-8(12)5-6-3-4-7(11)10-9(6)14-10/h6,9-10H,2-5H2,1H3/t6-,9-,10+/m0/s1. The van der Waals surface area contributed by atoms with Gasteiger partial charge < -0.3 is 9.47 Å². The van der Waals surface area contributed by atoms with Crippen LogP contribution in [0.5, 0.6) is 0 Å². The lowest BCUT2D eigenvalue weighted by Gasteiger charge is -2.16. The molecule has 14 heavy (non-hydrogen) atoms. The average Bonchev–Trinajstić information content (AvgIpc) is 2.90. The number of rotatable bonds is 3. The lowest BCUT2D eigenvalue weighted by molar-refractivity contribution is -0.144. The molecule has 0 aromatic carbocycles. The number of hydrogen-bond acceptors (Lipinski definition) is 4. The van der Waals surface area contributed by atoms with Crippen LogP contribution in [0.15, 0.2) is 0 Å². The molecular weight excluding hydrogens is 184 g/mol. The highest BCUT2D eigenvalue weighted by molar-refractivity contribution is 5.87. The second-order valence-electron chi connectivity index (χ2n) is 3.80. The van der Waals surface area contributed by atoms with Gasteiger partial charge in [0.15, 0.2) is 5.78 Å². The molecule has 0 aromatic rings. The number of epoxide rings is 1. The van der Waals surface area contributed by atoms with Crippen LogP contribution in [0, 0.1) is 5.92 Å². The molecule has 0 aromatic heterocycles. The van der Waals surface area contributed by atoms with Crippen LogP contribution in [0.2, 0.25) is 0 Å². The zero-order valence-corrected chi connectivity index (χ0v) is 8.19. The van der Waals surface area contributed by atoms with Gasteiger partial charge in [-0.15, -0.1) is 0 Å². The molecule has 1 saturated heterocycles. The summed E-state index contributed by atoms with van der Waals surface area (Å²) in [6.45, 7) is 2.21. The number of hydrogen-bond donors (Lipinski definition) is 0. The van der Waals surface area contributed by atoms with E-state index in [0.717, 1.165) is 6.42 Å². The van der Waals surface area contributed by atoms with Crippen LogP contribution in [0.25, 0.3) is 0 Å². The van der Waals surface area contributed by atoms with E-state index in [1.807, 2.05) is 0 Å². The minimum Gasteiger partial charge on any atom is -0.466 e. The molecule has 0 bridgehead atoms. The molecule has 4 heteroatoms. The molecule has 0 amide bonds. The summed E-state index contributed by atoms with van der Waals surface area (Å²) in [5, 5.41) is 0. The molecule has 4 nitrogen and oxygen atoms in total. The summed E-state index contributed by atoms with van der Waals surface area (Å²) in [4.78, 5) is 22.3. The van der Waals surface area contributed by atoms with Crippen LogP contribution in [-0.4, -0.2) is 30.6 Å². The molecule has 3 atom stereocenters. The smallest absolute Gasteiger partial charge is 0.306 e. The Morgan fingerprint density at radius 1 is 1.64 bits per heavy atom. The number of ketones is 1. The van der Waals surface area contributed by atoms with E-state index < -0.39 is 0 Å². The highest BCUT2D eigenvalue weighted by atomic mass is 16.6. The monoisotopic (exact) mass is 198 g/mol. The van der Waals surface area contributed by atoms with Gasteiger partial charge in [-0.1, -0.05) is 0 Å². The molecule has 0 N–H and O–H groups in total. The van der Waals surface area contributed by atoms with Gasteiger partial charge in [0.25, 0.3) is 0 Å². The summed E-state index contributed by atoms with van der Waals surface area (Å²) in [7, 11) is 0. The van der Waals surface area contributed by atoms with Crippen molar-refractivity contribution in [3.05, 3.63) is 0 Å². The largest absolute Gasteiger partial charge is 0.466 e. The van der Waals surface area contributed by atoms with Crippen molar-refractivity contribution in [1.82, 2.24) is 0 Å². The lowest BCUT2D eigenvalue weighted by Crippen LogP contribution is -2.26. The van der Waals surface area contributed by atoms with Gasteiger partial charge in [-0.05, 0) is 19.3 Å². The van der Waals surface area contributed by atoms with E-state index in [9.17, 15) is 9.59 Å². The first-order valence-corrected chi connectivity index (χ1v) is 5.06. The molecular formula is C10H14O4. The van der Waals surface area contributed by atoms with E-state index in [2.05, 4.69) is 0 Å². The van der Waals surface area contributed by atoms with Crippen LogP contribution in [-0.2, 0) is 19.1 Å². The Morgan fingerprint density at radius 2 is 2.43 bits per heavy atom. The van der Waals surface area contributed by atoms with Crippen LogP contribution in [0.1, 0.15) is 26.2 Å². The van der Waals surface area contributed by atoms with Crippen molar-refractivity contribution in [1.29, 1.82) is 0 Å². The number of carbonyl (C=O) groups excluding carboxylic acids is 2. The summed E-state index contributed by atoms with van der Waals surface area (Å²) >= 11 is 0. The van der Waals surface area contributed by atoms with Gasteiger partial charge in [0, 0.05) is 6.42 Å². The van der Waals surface area contributed by atoms with Gasteiger partial charge >= 0.3 is 5.97 Å². The van der Waals surface area contributed by atoms with Gasteiger partial charge in [0.2, 0.25) is 0 Å². The van der Waals surface area contributed by atoms with Crippen molar-refractivity contribution in [2.45, 2.75) is 38.4 Å². The quantitative estimate of drug-likeness (QED) is 0.494. The van der Waals surface area contributed by atoms with Gasteiger partial charge in [-0.2, -0.15) is 0 Å². The maximum Gasteiger partial charge on any atom is 0.306 e. The Hall–Kier alpha value is -0.900. The Kier molecular flexibility index (Phi) is 2.54. The molecule has 78 valence electrons. The number of ether oxygens (including phenoxy) is 2. The Bertz CT molecular complexity index is 261. The second kappa shape index (κ2) is 3.69. The SMILES string of the molecule is CCOC(=O)C[C@@H]1CCC(=O)[C@H]2O[C@@H]12. The summed E-state index contributed by atoms with van der Waals surface area (Å²) in [5.41, 5.74) is 0. The third kappa shape index (κ3) is 1.80. The molecule has 1 saturated carbocycles. The van der Waals surface area contributed by atoms with E-state index >= 15 is 0 Å². The van der Waals surface area contributed by atoms with Gasteiger partial charge in [0.05, 0.1) is 19.1 Å². The predicted molar refractivity (Wildman–Crippen MR) is 47.6 cm³/mol. The van der Waals surface area contributed by atoms with Crippen LogP contribution < -0.4 is 0 Å². The van der Waals surface area contributed by atoms with Crippen LogP contribution in [0.4, 0.5) is 0 Å². The first-order valence-electron chi connectivity index (χ1n) is 5.06. The van der Waals surface area contributed by atoms with Crippen LogP contribution in [0.3, 0.4) is 0 Å². The van der Waals surface area contributed by atoms with Crippen LogP contribution >= 0.6 is 0 Å². The molecule has 1 heterocycles. The van der Waals surface area contributed by atoms with Crippen molar-refractivity contribution in [2.75, 3.05) is 6.61 Å². The van der Waals surface area contributed by atoms with Gasteiger partial charge in [-0.3, -0.25) is 9.59 Å². The number of fused-ring (bicyclic) bond motifs is 1. The topological polar surface area (TPSA) is 55.9 Å². The van der Waals surface area contributed by atoms with Gasteiger partial charge in [-0.25, -0.2) is 0 Å². The minimum absolute atomic E-state index is 0.000608. The molecule has 2 fully saturated rings. The van der Waals surface area contributed by atoms with E-state index in [0.29, 0.717) is 19.4 Å². The first-order chi connectivity index (χ1) is 6.72. The molecule has 1 aliphatic heterocycles. The van der Waals surface area contributed by atoms with Crippen molar-refractivity contribution >= 4 is 11.8 Å². The first kappa shape index (κ1) is 9.65. The van der Waals surface area contributed by atoms with Crippen molar-refractivity contribution in [2.24, 2.45) is 5.92 Å². The second-order valence-corrected chi connectivity index (χ2v) is 3.80. The molecule has 0 spiro atoms. The van der Waals surface area contributed by atoms with E-state index in [1.54, 1.807) is 6.92 Å². The fourth-order valence-electron chi connectivity index (χ4n) is 2.03. The van der Waals surface area contributed by atoms with Gasteiger partial charge in [0.1, 0.15) is 6.10 Å². The summed E-state index contributed by atoms with van der Waals surface area (Å²) < 4.78 is 10.1. The molecule has 1 aliphatic carbocycles. The fraction of sp³-hybridized carbons (Fsp3) is 0.800. The zero-order chi connectivity index (χ0) is 10.1. The Morgan fingerprint density at radius 3 is 3.14 bits per heavy atom. The maximum absolute atomic E-state index is 11.2. The highest BCUT2D eigenvalue weighted by Gasteiger charge is 2.52. The number of esters is 1. The van der Waals surface area contributed by atoms with Crippen molar-refractivity contribution < 1.29 is 19.1 Å². The average molecular weight is 198 g/mol. The molecule has 0 radical (unpaired) electrons. The lowest BCUT2D eigenvalue weighted by atomic mass is 9.86. The molecule has 0 unspecified atom stereocenters. The summed E-state index contributed by atoms with van der Waals surface area (Å²) in [6, 6.07) is 0. The van der Waals surface area contributed by atoms with Crippen molar-refractivity contribution in [3.63, 3.8) is 0 Å². The molecule has 2 aliphatic rings. The molecule has 2 rings (SSSR count). The zero-order valence-electron chi connectivity index (χ0n) is 8.19. The Balaban J connectivity index is 1.83. The minimum atomic E-state index is -0.205. The number of Topliss-reactive ketones (excluding diaryl/α,β-unsaturated/α-hetero) is 1. The third-order valence-electron chi connectivity index (χ3n) is 2.80. The third-order valence-corrected chi connectivity index (χ3v) is 2.80. The normalized spacial score (nSPS) is 34.9.